The number of hydrogen-bond acceptors (Lipinski definition) is 5. The van der Waals surface area contributed by atoms with Crippen LogP contribution in [0.15, 0.2) is 47.4 Å². The zero-order valence-corrected chi connectivity index (χ0v) is 17.2. The second-order valence-corrected chi connectivity index (χ2v) is 9.29. The number of anilines is 1. The summed E-state index contributed by atoms with van der Waals surface area (Å²) in [6.07, 6.45) is 4.26. The summed E-state index contributed by atoms with van der Waals surface area (Å²) >= 11 is 0. The molecule has 29 heavy (non-hydrogen) atoms. The van der Waals surface area contributed by atoms with E-state index in [0.29, 0.717) is 17.2 Å². The molecule has 156 valence electrons. The van der Waals surface area contributed by atoms with Crippen LogP contribution >= 0.6 is 0 Å². The fourth-order valence-corrected chi connectivity index (χ4v) is 4.51. The van der Waals surface area contributed by atoms with E-state index in [1.807, 2.05) is 0 Å². The molecule has 1 unspecified atom stereocenters. The largest absolute Gasteiger partial charge is 0.493 e. The number of nitrogens with one attached hydrogen (secondary N) is 1. The topological polar surface area (TPSA) is 81.7 Å². The number of benzene rings is 2. The van der Waals surface area contributed by atoms with Crippen LogP contribution in [0.25, 0.3) is 0 Å². The molecule has 3 rings (SSSR count). The van der Waals surface area contributed by atoms with Crippen LogP contribution in [0.1, 0.15) is 32.6 Å². The number of sulfone groups is 1. The Morgan fingerprint density at radius 2 is 1.76 bits per heavy atom. The molecule has 1 amide bonds. The molecule has 0 bridgehead atoms. The van der Waals surface area contributed by atoms with Crippen LogP contribution in [0.3, 0.4) is 0 Å². The second kappa shape index (κ2) is 8.82. The first-order chi connectivity index (χ1) is 13.8. The van der Waals surface area contributed by atoms with Crippen LogP contribution in [0, 0.1) is 5.82 Å². The van der Waals surface area contributed by atoms with Crippen molar-refractivity contribution in [1.29, 1.82) is 0 Å². The molecule has 1 fully saturated rings. The van der Waals surface area contributed by atoms with Crippen LogP contribution < -0.4 is 14.8 Å². The van der Waals surface area contributed by atoms with Crippen LogP contribution in [0.5, 0.6) is 11.5 Å². The average molecular weight is 421 g/mol. The first-order valence-corrected chi connectivity index (χ1v) is 11.0. The van der Waals surface area contributed by atoms with E-state index in [9.17, 15) is 17.6 Å². The molecule has 0 spiro atoms. The first kappa shape index (κ1) is 21.1. The molecule has 0 heterocycles. The molecule has 1 atom stereocenters. The predicted octanol–water partition coefficient (Wildman–Crippen LogP) is 3.96. The Hall–Kier alpha value is -2.61. The third-order valence-electron chi connectivity index (χ3n) is 5.00. The molecule has 2 aromatic carbocycles. The maximum absolute atomic E-state index is 13.1. The predicted molar refractivity (Wildman–Crippen MR) is 108 cm³/mol. The molecule has 2 aromatic rings. The lowest BCUT2D eigenvalue weighted by Gasteiger charge is -2.18. The van der Waals surface area contributed by atoms with Gasteiger partial charge in [-0.3, -0.25) is 4.79 Å². The Kier molecular flexibility index (Phi) is 6.42. The number of halogens is 1. The molecule has 8 heteroatoms. The minimum absolute atomic E-state index is 0.104. The number of carbonyl (C=O) groups excluding carboxylic acids is 1. The van der Waals surface area contributed by atoms with Crippen molar-refractivity contribution in [2.24, 2.45) is 0 Å². The van der Waals surface area contributed by atoms with Gasteiger partial charge in [0.25, 0.3) is 0 Å². The summed E-state index contributed by atoms with van der Waals surface area (Å²) in [5.41, 5.74) is 0.407. The highest BCUT2D eigenvalue weighted by molar-refractivity contribution is 7.92. The van der Waals surface area contributed by atoms with Gasteiger partial charge >= 0.3 is 0 Å². The van der Waals surface area contributed by atoms with Gasteiger partial charge in [0.05, 0.1) is 18.1 Å². The zero-order valence-electron chi connectivity index (χ0n) is 16.4. The van der Waals surface area contributed by atoms with Crippen molar-refractivity contribution in [3.63, 3.8) is 0 Å². The summed E-state index contributed by atoms with van der Waals surface area (Å²) < 4.78 is 49.7. The Labute approximate surface area is 169 Å². The molecule has 0 aromatic heterocycles. The third kappa shape index (κ3) is 4.87. The number of methoxy groups -OCH3 is 1. The van der Waals surface area contributed by atoms with E-state index in [2.05, 4.69) is 5.32 Å². The summed E-state index contributed by atoms with van der Waals surface area (Å²) in [6.45, 7) is 1.30. The SMILES string of the molecule is COc1ccc(NC(=O)C(C)S(=O)(=O)c2ccc(F)cc2)cc1OC1CCCC1. The monoisotopic (exact) mass is 421 g/mol. The van der Waals surface area contributed by atoms with Gasteiger partial charge in [-0.1, -0.05) is 0 Å². The van der Waals surface area contributed by atoms with E-state index in [0.717, 1.165) is 49.9 Å². The van der Waals surface area contributed by atoms with Crippen molar-refractivity contribution in [2.45, 2.75) is 48.9 Å². The Morgan fingerprint density at radius 1 is 1.10 bits per heavy atom. The lowest BCUT2D eigenvalue weighted by molar-refractivity contribution is -0.115. The molecule has 1 aliphatic rings. The Morgan fingerprint density at radius 3 is 2.38 bits per heavy atom. The van der Waals surface area contributed by atoms with Crippen LogP contribution in [-0.4, -0.2) is 32.8 Å². The van der Waals surface area contributed by atoms with Crippen molar-refractivity contribution in [3.8, 4) is 11.5 Å². The van der Waals surface area contributed by atoms with Gasteiger partial charge in [0.2, 0.25) is 5.91 Å². The lowest BCUT2D eigenvalue weighted by Crippen LogP contribution is -2.32. The van der Waals surface area contributed by atoms with Gasteiger partial charge in [0.1, 0.15) is 11.1 Å². The van der Waals surface area contributed by atoms with Gasteiger partial charge in [-0.05, 0) is 69.0 Å². The summed E-state index contributed by atoms with van der Waals surface area (Å²) in [7, 11) is -2.42. The first-order valence-electron chi connectivity index (χ1n) is 9.46. The van der Waals surface area contributed by atoms with E-state index < -0.39 is 26.8 Å². The summed E-state index contributed by atoms with van der Waals surface area (Å²) in [5.74, 6) is -0.187. The summed E-state index contributed by atoms with van der Waals surface area (Å²) in [4.78, 5) is 12.5. The van der Waals surface area contributed by atoms with E-state index in [4.69, 9.17) is 9.47 Å². The van der Waals surface area contributed by atoms with Gasteiger partial charge in [0.15, 0.2) is 21.3 Å². The molecule has 1 saturated carbocycles. The molecular formula is C21H24FNO5S. The second-order valence-electron chi connectivity index (χ2n) is 7.02. The van der Waals surface area contributed by atoms with Crippen molar-refractivity contribution >= 4 is 21.4 Å². The van der Waals surface area contributed by atoms with E-state index >= 15 is 0 Å². The van der Waals surface area contributed by atoms with Crippen molar-refractivity contribution < 1.29 is 27.1 Å². The van der Waals surface area contributed by atoms with Gasteiger partial charge in [0, 0.05) is 11.8 Å². The molecule has 0 saturated heterocycles. The van der Waals surface area contributed by atoms with Gasteiger partial charge in [-0.25, -0.2) is 12.8 Å². The van der Waals surface area contributed by atoms with Crippen LogP contribution in [-0.2, 0) is 14.6 Å². The quantitative estimate of drug-likeness (QED) is 0.685. The standard InChI is InChI=1S/C21H24FNO5S/c1-14(29(25,26)18-10-7-15(22)8-11-18)21(24)23-16-9-12-19(27-2)20(13-16)28-17-5-3-4-6-17/h7-14,17H,3-6H2,1-2H3,(H,23,24). The summed E-state index contributed by atoms with van der Waals surface area (Å²) in [6, 6.07) is 9.31. The lowest BCUT2D eigenvalue weighted by atomic mass is 10.2. The molecule has 1 N–H and O–H groups in total. The number of rotatable bonds is 7. The zero-order chi connectivity index (χ0) is 21.0. The van der Waals surface area contributed by atoms with Gasteiger partial charge in [-0.15, -0.1) is 0 Å². The smallest absolute Gasteiger partial charge is 0.242 e. The number of amides is 1. The van der Waals surface area contributed by atoms with Crippen molar-refractivity contribution in [2.75, 3.05) is 12.4 Å². The maximum atomic E-state index is 13.1. The molecular weight excluding hydrogens is 397 g/mol. The van der Waals surface area contributed by atoms with Gasteiger partial charge in [-0.2, -0.15) is 0 Å². The number of ether oxygens (including phenoxy) is 2. The number of hydrogen-bond donors (Lipinski definition) is 1. The highest BCUT2D eigenvalue weighted by Gasteiger charge is 2.30. The fraction of sp³-hybridized carbons (Fsp3) is 0.381. The van der Waals surface area contributed by atoms with Crippen molar-refractivity contribution in [3.05, 3.63) is 48.3 Å². The minimum atomic E-state index is -3.95. The number of carbonyl (C=O) groups is 1. The molecule has 0 aliphatic heterocycles. The van der Waals surface area contributed by atoms with E-state index in [1.165, 1.54) is 14.0 Å². The fourth-order valence-electron chi connectivity index (χ4n) is 3.25. The maximum Gasteiger partial charge on any atom is 0.242 e. The van der Waals surface area contributed by atoms with Crippen LogP contribution in [0.2, 0.25) is 0 Å². The van der Waals surface area contributed by atoms with E-state index in [-0.39, 0.29) is 11.0 Å². The van der Waals surface area contributed by atoms with Crippen molar-refractivity contribution in [1.82, 2.24) is 0 Å². The molecule has 6 nitrogen and oxygen atoms in total. The van der Waals surface area contributed by atoms with Crippen LogP contribution in [0.4, 0.5) is 10.1 Å². The minimum Gasteiger partial charge on any atom is -0.493 e. The van der Waals surface area contributed by atoms with E-state index in [1.54, 1.807) is 18.2 Å². The highest BCUT2D eigenvalue weighted by Crippen LogP contribution is 2.34. The summed E-state index contributed by atoms with van der Waals surface area (Å²) in [5, 5.41) is 1.27. The Balaban J connectivity index is 1.76. The molecule has 0 radical (unpaired) electrons. The Bertz CT molecular complexity index is 969. The molecule has 1 aliphatic carbocycles. The average Bonchev–Trinajstić information content (AvgIpc) is 3.21. The normalized spacial score (nSPS) is 15.7. The highest BCUT2D eigenvalue weighted by atomic mass is 32.2. The van der Waals surface area contributed by atoms with Gasteiger partial charge < -0.3 is 14.8 Å². The third-order valence-corrected chi connectivity index (χ3v) is 7.08.